The van der Waals surface area contributed by atoms with Crippen molar-refractivity contribution < 1.29 is 9.47 Å². The van der Waals surface area contributed by atoms with Crippen LogP contribution in [0.4, 0.5) is 5.69 Å². The summed E-state index contributed by atoms with van der Waals surface area (Å²) in [6.45, 7) is 0.402. The minimum Gasteiger partial charge on any atom is -0.493 e. The fourth-order valence-electron chi connectivity index (χ4n) is 2.23. The second kappa shape index (κ2) is 7.59. The van der Waals surface area contributed by atoms with Crippen molar-refractivity contribution >= 4 is 40.0 Å². The molecule has 0 bridgehead atoms. The maximum Gasteiger partial charge on any atom is 0.163 e. The van der Waals surface area contributed by atoms with Gasteiger partial charge in [-0.1, -0.05) is 17.8 Å². The first-order valence-corrected chi connectivity index (χ1v) is 8.61. The van der Waals surface area contributed by atoms with Gasteiger partial charge in [0.1, 0.15) is 18.0 Å². The van der Waals surface area contributed by atoms with E-state index in [1.54, 1.807) is 7.11 Å². The number of nitrogens with zero attached hydrogens (tertiary/aromatic N) is 2. The average molecular weight is 362 g/mol. The SMILES string of the molecule is COc1cc2c(Sc3cccc(N)c3)ncnc2cc1OCCCl. The van der Waals surface area contributed by atoms with Gasteiger partial charge < -0.3 is 15.2 Å². The lowest BCUT2D eigenvalue weighted by atomic mass is 10.2. The van der Waals surface area contributed by atoms with E-state index in [1.807, 2.05) is 36.4 Å². The number of hydrogen-bond donors (Lipinski definition) is 1. The van der Waals surface area contributed by atoms with Gasteiger partial charge in [-0.15, -0.1) is 11.6 Å². The molecule has 0 unspecified atom stereocenters. The maximum atomic E-state index is 5.84. The molecule has 1 aromatic heterocycles. The Labute approximate surface area is 149 Å². The minimum atomic E-state index is 0.402. The number of nitrogens with two attached hydrogens (primary N) is 1. The van der Waals surface area contributed by atoms with Gasteiger partial charge in [-0.05, 0) is 24.3 Å². The smallest absolute Gasteiger partial charge is 0.163 e. The summed E-state index contributed by atoms with van der Waals surface area (Å²) in [5.74, 6) is 1.64. The molecule has 0 aliphatic rings. The highest BCUT2D eigenvalue weighted by molar-refractivity contribution is 7.99. The van der Waals surface area contributed by atoms with Crippen LogP contribution in [0, 0.1) is 0 Å². The van der Waals surface area contributed by atoms with E-state index < -0.39 is 0 Å². The van der Waals surface area contributed by atoms with E-state index in [2.05, 4.69) is 9.97 Å². The number of methoxy groups -OCH3 is 1. The van der Waals surface area contributed by atoms with Crippen LogP contribution in [0.2, 0.25) is 0 Å². The lowest BCUT2D eigenvalue weighted by Gasteiger charge is -2.12. The number of fused-ring (bicyclic) bond motifs is 1. The van der Waals surface area contributed by atoms with Crippen LogP contribution < -0.4 is 15.2 Å². The van der Waals surface area contributed by atoms with Gasteiger partial charge in [-0.3, -0.25) is 0 Å². The predicted octanol–water partition coefficient (Wildman–Crippen LogP) is 3.99. The third kappa shape index (κ3) is 3.66. The lowest BCUT2D eigenvalue weighted by molar-refractivity contribution is 0.313. The number of alkyl halides is 1. The lowest BCUT2D eigenvalue weighted by Crippen LogP contribution is -2.01. The van der Waals surface area contributed by atoms with Crippen LogP contribution in [-0.4, -0.2) is 29.6 Å². The maximum absolute atomic E-state index is 5.84. The number of benzene rings is 2. The van der Waals surface area contributed by atoms with E-state index in [1.165, 1.54) is 18.1 Å². The normalized spacial score (nSPS) is 10.8. The van der Waals surface area contributed by atoms with Gasteiger partial charge in [0.25, 0.3) is 0 Å². The molecule has 7 heteroatoms. The quantitative estimate of drug-likeness (QED) is 0.406. The number of ether oxygens (including phenoxy) is 2. The zero-order valence-electron chi connectivity index (χ0n) is 13.0. The first kappa shape index (κ1) is 16.7. The molecule has 1 heterocycles. The van der Waals surface area contributed by atoms with E-state index in [9.17, 15) is 0 Å². The van der Waals surface area contributed by atoms with Gasteiger partial charge in [0.15, 0.2) is 11.5 Å². The standard InChI is InChI=1S/C17H16ClN3O2S/c1-22-15-8-13-14(9-16(15)23-6-5-18)20-10-21-17(13)24-12-4-2-3-11(19)7-12/h2-4,7-10H,5-6,19H2,1H3. The molecule has 0 saturated heterocycles. The summed E-state index contributed by atoms with van der Waals surface area (Å²) in [6.07, 6.45) is 1.54. The Morgan fingerprint density at radius 1 is 1.17 bits per heavy atom. The van der Waals surface area contributed by atoms with Crippen LogP contribution in [0.1, 0.15) is 0 Å². The Morgan fingerprint density at radius 2 is 2.04 bits per heavy atom. The summed E-state index contributed by atoms with van der Waals surface area (Å²) >= 11 is 7.21. The molecule has 0 aliphatic carbocycles. The molecular weight excluding hydrogens is 346 g/mol. The topological polar surface area (TPSA) is 70.3 Å². The van der Waals surface area contributed by atoms with Crippen LogP contribution in [0.15, 0.2) is 52.6 Å². The molecule has 24 heavy (non-hydrogen) atoms. The van der Waals surface area contributed by atoms with Crippen molar-refractivity contribution in [3.05, 3.63) is 42.7 Å². The highest BCUT2D eigenvalue weighted by Crippen LogP contribution is 2.37. The van der Waals surface area contributed by atoms with E-state index in [4.69, 9.17) is 26.8 Å². The number of aromatic nitrogens is 2. The number of hydrogen-bond acceptors (Lipinski definition) is 6. The van der Waals surface area contributed by atoms with E-state index in [0.29, 0.717) is 29.7 Å². The van der Waals surface area contributed by atoms with Crippen molar-refractivity contribution in [3.8, 4) is 11.5 Å². The summed E-state index contributed by atoms with van der Waals surface area (Å²) in [4.78, 5) is 9.73. The molecule has 0 amide bonds. The van der Waals surface area contributed by atoms with Crippen molar-refractivity contribution in [1.29, 1.82) is 0 Å². The van der Waals surface area contributed by atoms with Gasteiger partial charge in [0.2, 0.25) is 0 Å². The van der Waals surface area contributed by atoms with Crippen LogP contribution in [0.5, 0.6) is 11.5 Å². The Morgan fingerprint density at radius 3 is 2.79 bits per heavy atom. The largest absolute Gasteiger partial charge is 0.493 e. The highest BCUT2D eigenvalue weighted by Gasteiger charge is 2.12. The van der Waals surface area contributed by atoms with Crippen LogP contribution in [0.3, 0.4) is 0 Å². The Hall–Kier alpha value is -2.18. The predicted molar refractivity (Wildman–Crippen MR) is 97.3 cm³/mol. The van der Waals surface area contributed by atoms with Gasteiger partial charge in [-0.2, -0.15) is 0 Å². The molecule has 0 atom stereocenters. The third-order valence-corrected chi connectivity index (χ3v) is 4.45. The van der Waals surface area contributed by atoms with E-state index in [0.717, 1.165) is 20.8 Å². The second-order valence-corrected chi connectivity index (χ2v) is 6.35. The summed E-state index contributed by atoms with van der Waals surface area (Å²) in [6, 6.07) is 11.4. The third-order valence-electron chi connectivity index (χ3n) is 3.29. The molecule has 2 N–H and O–H groups in total. The average Bonchev–Trinajstić information content (AvgIpc) is 2.59. The van der Waals surface area contributed by atoms with Crippen molar-refractivity contribution in [2.45, 2.75) is 9.92 Å². The second-order valence-electron chi connectivity index (χ2n) is 4.91. The molecule has 0 spiro atoms. The van der Waals surface area contributed by atoms with E-state index >= 15 is 0 Å². The van der Waals surface area contributed by atoms with Crippen molar-refractivity contribution in [3.63, 3.8) is 0 Å². The number of nitrogen functional groups attached to an aromatic ring is 1. The zero-order chi connectivity index (χ0) is 16.9. The van der Waals surface area contributed by atoms with Crippen molar-refractivity contribution in [2.75, 3.05) is 25.3 Å². The summed E-state index contributed by atoms with van der Waals surface area (Å²) in [5.41, 5.74) is 7.34. The fraction of sp³-hybridized carbons (Fsp3) is 0.176. The zero-order valence-corrected chi connectivity index (χ0v) is 14.6. The molecule has 0 aliphatic heterocycles. The molecule has 2 aromatic carbocycles. The molecule has 3 aromatic rings. The van der Waals surface area contributed by atoms with E-state index in [-0.39, 0.29) is 0 Å². The van der Waals surface area contributed by atoms with Crippen LogP contribution in [-0.2, 0) is 0 Å². The number of rotatable bonds is 6. The molecule has 5 nitrogen and oxygen atoms in total. The molecule has 124 valence electrons. The molecular formula is C17H16ClN3O2S. The summed E-state index contributed by atoms with van der Waals surface area (Å²) in [5, 5.41) is 1.72. The van der Waals surface area contributed by atoms with Crippen LogP contribution in [0.25, 0.3) is 10.9 Å². The van der Waals surface area contributed by atoms with Crippen LogP contribution >= 0.6 is 23.4 Å². The summed E-state index contributed by atoms with van der Waals surface area (Å²) in [7, 11) is 1.60. The first-order chi connectivity index (χ1) is 11.7. The Kier molecular flexibility index (Phi) is 5.27. The van der Waals surface area contributed by atoms with Gasteiger partial charge in [0.05, 0.1) is 18.5 Å². The van der Waals surface area contributed by atoms with Gasteiger partial charge in [0, 0.05) is 22.0 Å². The molecule has 3 rings (SSSR count). The molecule has 0 saturated carbocycles. The highest BCUT2D eigenvalue weighted by atomic mass is 35.5. The first-order valence-electron chi connectivity index (χ1n) is 7.26. The Bertz CT molecular complexity index is 860. The minimum absolute atomic E-state index is 0.402. The van der Waals surface area contributed by atoms with Gasteiger partial charge >= 0.3 is 0 Å². The monoisotopic (exact) mass is 361 g/mol. The summed E-state index contributed by atoms with van der Waals surface area (Å²) < 4.78 is 11.0. The molecule has 0 radical (unpaired) electrons. The van der Waals surface area contributed by atoms with Gasteiger partial charge in [-0.25, -0.2) is 9.97 Å². The fourth-order valence-corrected chi connectivity index (χ4v) is 3.25. The van der Waals surface area contributed by atoms with Crippen molar-refractivity contribution in [2.24, 2.45) is 0 Å². The van der Waals surface area contributed by atoms with Crippen molar-refractivity contribution in [1.82, 2.24) is 9.97 Å². The Balaban J connectivity index is 2.02. The molecule has 0 fully saturated rings. The number of anilines is 1. The number of halogens is 1.